The van der Waals surface area contributed by atoms with Crippen LogP contribution in [0.3, 0.4) is 0 Å². The van der Waals surface area contributed by atoms with E-state index in [1.54, 1.807) is 44.6 Å². The Bertz CT molecular complexity index is 1220. The lowest BCUT2D eigenvalue weighted by atomic mass is 10.1. The van der Waals surface area contributed by atoms with Gasteiger partial charge in [0.15, 0.2) is 16.6 Å². The summed E-state index contributed by atoms with van der Waals surface area (Å²) in [5.74, 6) is 0.865. The van der Waals surface area contributed by atoms with Crippen LogP contribution in [0, 0.1) is 13.8 Å². The van der Waals surface area contributed by atoms with E-state index in [9.17, 15) is 13.2 Å². The molecule has 1 aromatic heterocycles. The van der Waals surface area contributed by atoms with Crippen molar-refractivity contribution in [2.24, 2.45) is 0 Å². The highest BCUT2D eigenvalue weighted by Gasteiger charge is 2.16. The molecule has 3 rings (SSSR count). The molecule has 1 amide bonds. The molecule has 0 saturated heterocycles. The molecular weight excluding hydrogens is 450 g/mol. The number of rotatable bonds is 9. The Kier molecular flexibility index (Phi) is 7.49. The third kappa shape index (κ3) is 5.64. The maximum Gasteiger partial charge on any atom is 0.240 e. The Balaban J connectivity index is 1.57. The van der Waals surface area contributed by atoms with Gasteiger partial charge in [0.1, 0.15) is 0 Å². The summed E-state index contributed by atoms with van der Waals surface area (Å²) in [5, 5.41) is 4.95. The van der Waals surface area contributed by atoms with Gasteiger partial charge in [-0.1, -0.05) is 6.07 Å². The van der Waals surface area contributed by atoms with Gasteiger partial charge in [-0.05, 0) is 55.3 Å². The van der Waals surface area contributed by atoms with Crippen molar-refractivity contribution in [1.82, 2.24) is 9.71 Å². The zero-order valence-corrected chi connectivity index (χ0v) is 19.9. The zero-order valence-electron chi connectivity index (χ0n) is 18.3. The van der Waals surface area contributed by atoms with Crippen molar-refractivity contribution >= 4 is 32.4 Å². The molecule has 8 nitrogen and oxygen atoms in total. The van der Waals surface area contributed by atoms with Crippen LogP contribution in [0.2, 0.25) is 0 Å². The molecule has 170 valence electrons. The lowest BCUT2D eigenvalue weighted by molar-refractivity contribution is -0.116. The Labute approximate surface area is 191 Å². The minimum Gasteiger partial charge on any atom is -0.493 e. The topological polar surface area (TPSA) is 107 Å². The summed E-state index contributed by atoms with van der Waals surface area (Å²) in [6.45, 7) is 3.75. The maximum absolute atomic E-state index is 12.4. The van der Waals surface area contributed by atoms with Gasteiger partial charge < -0.3 is 14.8 Å². The summed E-state index contributed by atoms with van der Waals surface area (Å²) in [6.07, 6.45) is -0.0185. The highest BCUT2D eigenvalue weighted by atomic mass is 32.2. The summed E-state index contributed by atoms with van der Waals surface area (Å²) < 4.78 is 37.9. The number of ether oxygens (including phenoxy) is 2. The Morgan fingerprint density at radius 3 is 2.47 bits per heavy atom. The maximum atomic E-state index is 12.4. The number of carbonyl (C=O) groups excluding carboxylic acids is 1. The molecule has 0 unspecified atom stereocenters. The molecule has 3 aromatic rings. The van der Waals surface area contributed by atoms with Crippen LogP contribution in [0.5, 0.6) is 11.5 Å². The van der Waals surface area contributed by atoms with Gasteiger partial charge in [-0.2, -0.15) is 0 Å². The number of nitrogens with zero attached hydrogens (tertiary/aromatic N) is 1. The Morgan fingerprint density at radius 2 is 1.78 bits per heavy atom. The summed E-state index contributed by atoms with van der Waals surface area (Å²) >= 11 is 1.28. The van der Waals surface area contributed by atoms with Gasteiger partial charge in [0.2, 0.25) is 15.9 Å². The number of amides is 1. The molecule has 0 fully saturated rings. The summed E-state index contributed by atoms with van der Waals surface area (Å²) in [4.78, 5) is 16.9. The number of carbonyl (C=O) groups is 1. The predicted octanol–water partition coefficient (Wildman–Crippen LogP) is 3.75. The SMILES string of the molecule is COc1ccc(-c2csc(NC(=O)CCNS(=O)(=O)c3ccc(C)c(C)c3)n2)cc1OC. The predicted molar refractivity (Wildman–Crippen MR) is 125 cm³/mol. The molecule has 0 aliphatic rings. The summed E-state index contributed by atoms with van der Waals surface area (Å²) in [6, 6.07) is 10.4. The van der Waals surface area contributed by atoms with Gasteiger partial charge in [-0.25, -0.2) is 18.1 Å². The van der Waals surface area contributed by atoms with E-state index in [1.165, 1.54) is 11.3 Å². The van der Waals surface area contributed by atoms with Gasteiger partial charge in [0.05, 0.1) is 24.8 Å². The first-order chi connectivity index (χ1) is 15.2. The lowest BCUT2D eigenvalue weighted by Gasteiger charge is -2.09. The van der Waals surface area contributed by atoms with Gasteiger partial charge in [0.25, 0.3) is 0 Å². The fourth-order valence-corrected chi connectivity index (χ4v) is 4.76. The minimum atomic E-state index is -3.68. The van der Waals surface area contributed by atoms with Crippen LogP contribution in [-0.4, -0.2) is 40.1 Å². The first-order valence-corrected chi connectivity index (χ1v) is 12.1. The van der Waals surface area contributed by atoms with Crippen molar-refractivity contribution in [2.45, 2.75) is 25.2 Å². The van der Waals surface area contributed by atoms with Gasteiger partial charge in [-0.3, -0.25) is 4.79 Å². The molecule has 2 N–H and O–H groups in total. The van der Waals surface area contributed by atoms with Crippen LogP contribution in [0.15, 0.2) is 46.7 Å². The number of aromatic nitrogens is 1. The summed E-state index contributed by atoms with van der Waals surface area (Å²) in [7, 11) is -0.554. The fourth-order valence-electron chi connectivity index (χ4n) is 2.90. The third-order valence-electron chi connectivity index (χ3n) is 4.86. The van der Waals surface area contributed by atoms with Gasteiger partial charge in [0, 0.05) is 23.9 Å². The van der Waals surface area contributed by atoms with Crippen LogP contribution in [0.4, 0.5) is 5.13 Å². The average molecular weight is 476 g/mol. The second-order valence-electron chi connectivity index (χ2n) is 7.05. The van der Waals surface area contributed by atoms with E-state index >= 15 is 0 Å². The highest BCUT2D eigenvalue weighted by Crippen LogP contribution is 2.33. The Morgan fingerprint density at radius 1 is 1.03 bits per heavy atom. The smallest absolute Gasteiger partial charge is 0.240 e. The molecular formula is C22H25N3O5S2. The molecule has 0 bridgehead atoms. The molecule has 1 heterocycles. The van der Waals surface area contributed by atoms with Gasteiger partial charge >= 0.3 is 0 Å². The normalized spacial score (nSPS) is 11.2. The standard InChI is InChI=1S/C22H25N3O5S2/c1-14-5-7-17(11-15(14)2)32(27,28)23-10-9-21(26)25-22-24-18(13-31-22)16-6-8-19(29-3)20(12-16)30-4/h5-8,11-13,23H,9-10H2,1-4H3,(H,24,25,26). The number of hydrogen-bond acceptors (Lipinski definition) is 7. The number of aryl methyl sites for hydroxylation is 2. The molecule has 2 aromatic carbocycles. The minimum absolute atomic E-state index is 0.0185. The molecule has 10 heteroatoms. The summed E-state index contributed by atoms with van der Waals surface area (Å²) in [5.41, 5.74) is 3.40. The number of thiazole rings is 1. The van der Waals surface area contributed by atoms with Crippen LogP contribution < -0.4 is 19.5 Å². The van der Waals surface area contributed by atoms with Crippen molar-refractivity contribution < 1.29 is 22.7 Å². The lowest BCUT2D eigenvalue weighted by Crippen LogP contribution is -2.28. The van der Waals surface area contributed by atoms with E-state index in [-0.39, 0.29) is 23.8 Å². The van der Waals surface area contributed by atoms with E-state index in [1.807, 2.05) is 25.3 Å². The van der Waals surface area contributed by atoms with Crippen molar-refractivity contribution in [1.29, 1.82) is 0 Å². The second-order valence-corrected chi connectivity index (χ2v) is 9.67. The molecule has 0 radical (unpaired) electrons. The molecule has 0 atom stereocenters. The second kappa shape index (κ2) is 10.1. The van der Waals surface area contributed by atoms with Crippen LogP contribution in [-0.2, 0) is 14.8 Å². The van der Waals surface area contributed by atoms with Crippen LogP contribution in [0.1, 0.15) is 17.5 Å². The molecule has 32 heavy (non-hydrogen) atoms. The van der Waals surface area contributed by atoms with E-state index in [0.717, 1.165) is 16.7 Å². The first kappa shape index (κ1) is 23.7. The molecule has 0 spiro atoms. The average Bonchev–Trinajstić information content (AvgIpc) is 3.23. The number of sulfonamides is 1. The number of anilines is 1. The van der Waals surface area contributed by atoms with E-state index in [0.29, 0.717) is 22.3 Å². The van der Waals surface area contributed by atoms with E-state index in [2.05, 4.69) is 15.0 Å². The largest absolute Gasteiger partial charge is 0.493 e. The molecule has 0 saturated carbocycles. The van der Waals surface area contributed by atoms with Crippen molar-refractivity contribution in [3.63, 3.8) is 0 Å². The third-order valence-corrected chi connectivity index (χ3v) is 7.08. The first-order valence-electron chi connectivity index (χ1n) is 9.78. The number of benzene rings is 2. The molecule has 0 aliphatic heterocycles. The van der Waals surface area contributed by atoms with Crippen molar-refractivity contribution in [2.75, 3.05) is 26.1 Å². The monoisotopic (exact) mass is 475 g/mol. The fraction of sp³-hybridized carbons (Fsp3) is 0.273. The van der Waals surface area contributed by atoms with Crippen LogP contribution >= 0.6 is 11.3 Å². The number of methoxy groups -OCH3 is 2. The number of nitrogens with one attached hydrogen (secondary N) is 2. The van der Waals surface area contributed by atoms with E-state index < -0.39 is 10.0 Å². The number of hydrogen-bond donors (Lipinski definition) is 2. The van der Waals surface area contributed by atoms with Crippen molar-refractivity contribution in [3.8, 4) is 22.8 Å². The van der Waals surface area contributed by atoms with E-state index in [4.69, 9.17) is 9.47 Å². The van der Waals surface area contributed by atoms with Gasteiger partial charge in [-0.15, -0.1) is 11.3 Å². The van der Waals surface area contributed by atoms with Crippen LogP contribution in [0.25, 0.3) is 11.3 Å². The zero-order chi connectivity index (χ0) is 23.3. The Hall–Kier alpha value is -2.95. The quantitative estimate of drug-likeness (QED) is 0.488. The highest BCUT2D eigenvalue weighted by molar-refractivity contribution is 7.89. The molecule has 0 aliphatic carbocycles. The van der Waals surface area contributed by atoms with Crippen molar-refractivity contribution in [3.05, 3.63) is 52.9 Å².